The topological polar surface area (TPSA) is 86.2 Å². The van der Waals surface area contributed by atoms with Crippen LogP contribution in [0.15, 0.2) is 0 Å². The van der Waals surface area contributed by atoms with Crippen LogP contribution in [0.1, 0.15) is 39.5 Å². The van der Waals surface area contributed by atoms with Gasteiger partial charge in [0.05, 0.1) is 0 Å². The first kappa shape index (κ1) is 24.6. The molecule has 0 bridgehead atoms. The largest absolute Gasteiger partial charge is 3.00 e. The molecule has 1 radical (unpaired) electrons. The Labute approximate surface area is 121 Å². The zero-order chi connectivity index (χ0) is 11.3. The van der Waals surface area contributed by atoms with Gasteiger partial charge in [0.2, 0.25) is 0 Å². The van der Waals surface area contributed by atoms with E-state index >= 15 is 0 Å². The van der Waals surface area contributed by atoms with Crippen LogP contribution in [0.3, 0.4) is 0 Å². The Bertz CT molecular complexity index is 99.6. The minimum absolute atomic E-state index is 0. The van der Waals surface area contributed by atoms with Crippen LogP contribution in [0.2, 0.25) is 0 Å². The van der Waals surface area contributed by atoms with Crippen molar-refractivity contribution in [1.29, 1.82) is 0 Å². The van der Waals surface area contributed by atoms with Crippen molar-refractivity contribution in [3.8, 4) is 0 Å². The van der Waals surface area contributed by atoms with E-state index in [1.165, 1.54) is 12.8 Å². The first-order valence-corrected chi connectivity index (χ1v) is 5.61. The second-order valence-electron chi connectivity index (χ2n) is 2.15. The van der Waals surface area contributed by atoms with Crippen molar-refractivity contribution in [3.63, 3.8) is 0 Å². The summed E-state index contributed by atoms with van der Waals surface area (Å²) in [5.41, 5.74) is 0. The molecule has 0 saturated heterocycles. The number of rotatable bonds is 2. The smallest absolute Gasteiger partial charge is 0.822 e. The Hall–Kier alpha value is 1.49. The fourth-order valence-corrected chi connectivity index (χ4v) is 0. The fraction of sp³-hybridized carbons (Fsp3) is 0.750. The Morgan fingerprint density at radius 1 is 1.00 bits per heavy atom. The molecule has 0 aromatic carbocycles. The summed E-state index contributed by atoms with van der Waals surface area (Å²) in [6, 6.07) is 0. The number of hydrogen-bond donors (Lipinski definition) is 0. The molecule has 0 N–H and O–H groups in total. The molecule has 0 aliphatic carbocycles. The van der Waals surface area contributed by atoms with Crippen molar-refractivity contribution < 1.29 is 61.0 Å². The second-order valence-corrected chi connectivity index (χ2v) is 3.05. The summed E-state index contributed by atoms with van der Waals surface area (Å²) < 4.78 is 8.55. The molecule has 0 rings (SSSR count). The summed E-state index contributed by atoms with van der Waals surface area (Å²) in [7, 11) is -5.39. The molecule has 0 aromatic heterocycles. The van der Waals surface area contributed by atoms with E-state index in [2.05, 4.69) is 27.7 Å². The van der Waals surface area contributed by atoms with Crippen molar-refractivity contribution in [1.82, 2.24) is 0 Å². The van der Waals surface area contributed by atoms with Crippen LogP contribution in [-0.2, 0) is 4.57 Å². The van der Waals surface area contributed by atoms with E-state index in [0.717, 1.165) is 12.8 Å². The summed E-state index contributed by atoms with van der Waals surface area (Å²) in [5.74, 6) is 0. The number of hydrogen-bond acceptors (Lipinski definition) is 4. The van der Waals surface area contributed by atoms with Gasteiger partial charge in [-0.2, -0.15) is 20.7 Å². The van der Waals surface area contributed by atoms with Gasteiger partial charge in [0.15, 0.2) is 0 Å². The van der Waals surface area contributed by atoms with E-state index in [-0.39, 0.29) is 41.7 Å². The van der Waals surface area contributed by atoms with Gasteiger partial charge < -0.3 is 33.1 Å². The van der Waals surface area contributed by atoms with Crippen LogP contribution in [0.25, 0.3) is 0 Å². The molecule has 0 fully saturated rings. The Kier molecular flexibility index (Phi) is 35.1. The van der Waals surface area contributed by atoms with Gasteiger partial charge in [0.1, 0.15) is 0 Å². The standard InChI is InChI=1S/2C4H9.Ce.H3O4P/c2*1-3-4-2;;1-5(2,3)4/h2*1,3-4H2,2H3;;(H3,1,2,3,4)/q2*-1;+3;/p-3. The van der Waals surface area contributed by atoms with Crippen LogP contribution in [0, 0.1) is 55.6 Å². The van der Waals surface area contributed by atoms with E-state index in [0.29, 0.717) is 0 Å². The predicted molar refractivity (Wildman–Crippen MR) is 48.1 cm³/mol. The van der Waals surface area contributed by atoms with Crippen LogP contribution in [0.5, 0.6) is 0 Å². The molecule has 0 aromatic rings. The van der Waals surface area contributed by atoms with Crippen LogP contribution >= 0.6 is 7.82 Å². The zero-order valence-corrected chi connectivity index (χ0v) is 12.9. The van der Waals surface area contributed by atoms with E-state index in [9.17, 15) is 0 Å². The molecule has 0 atom stereocenters. The third-order valence-electron chi connectivity index (χ3n) is 0.707. The van der Waals surface area contributed by atoms with Crippen molar-refractivity contribution in [2.45, 2.75) is 39.5 Å². The normalized spacial score (nSPS) is 8.50. The van der Waals surface area contributed by atoms with Crippen molar-refractivity contribution >= 4 is 7.82 Å². The summed E-state index contributed by atoms with van der Waals surface area (Å²) in [5, 5.41) is 0. The average molecular weight is 349 g/mol. The maximum Gasteiger partial charge on any atom is 3.00 e. The van der Waals surface area contributed by atoms with Gasteiger partial charge in [0, 0.05) is 0 Å². The van der Waals surface area contributed by atoms with E-state index in [1.807, 2.05) is 0 Å². The Morgan fingerprint density at radius 3 is 1.07 bits per heavy atom. The average Bonchev–Trinajstić information content (AvgIpc) is 2.01. The van der Waals surface area contributed by atoms with E-state index < -0.39 is 7.82 Å². The second kappa shape index (κ2) is 20.0. The molecule has 0 spiro atoms. The molecule has 0 unspecified atom stereocenters. The Balaban J connectivity index is -0.0000000522. The molecule has 0 heterocycles. The van der Waals surface area contributed by atoms with Crippen LogP contribution < -0.4 is 14.7 Å². The molecule has 14 heavy (non-hydrogen) atoms. The summed E-state index contributed by atoms with van der Waals surface area (Å²) in [6.07, 6.45) is 4.56. The molecule has 0 saturated carbocycles. The molecular formula is C8H18CeO4P-2. The molecule has 4 nitrogen and oxygen atoms in total. The van der Waals surface area contributed by atoms with Gasteiger partial charge in [-0.1, -0.05) is 26.7 Å². The zero-order valence-electron chi connectivity index (χ0n) is 8.82. The molecule has 0 amide bonds. The molecule has 0 aliphatic rings. The molecule has 85 valence electrons. The maximum atomic E-state index is 8.55. The third kappa shape index (κ3) is 173. The number of phosphoric acid groups is 1. The summed E-state index contributed by atoms with van der Waals surface area (Å²) in [4.78, 5) is 25.6. The Morgan fingerprint density at radius 2 is 1.07 bits per heavy atom. The predicted octanol–water partition coefficient (Wildman–Crippen LogP) is 0.417. The van der Waals surface area contributed by atoms with E-state index in [1.54, 1.807) is 0 Å². The summed E-state index contributed by atoms with van der Waals surface area (Å²) >= 11 is 0. The van der Waals surface area contributed by atoms with Crippen LogP contribution in [-0.4, -0.2) is 0 Å². The van der Waals surface area contributed by atoms with Crippen molar-refractivity contribution in [3.05, 3.63) is 13.8 Å². The quantitative estimate of drug-likeness (QED) is 0.534. The molecule has 0 aliphatic heterocycles. The van der Waals surface area contributed by atoms with Crippen molar-refractivity contribution in [2.24, 2.45) is 0 Å². The number of unbranched alkanes of at least 4 members (excludes halogenated alkanes) is 2. The van der Waals surface area contributed by atoms with Gasteiger partial charge in [-0.3, -0.25) is 0 Å². The first-order valence-electron chi connectivity index (χ1n) is 4.14. The fourth-order valence-electron chi connectivity index (χ4n) is 0. The van der Waals surface area contributed by atoms with Crippen molar-refractivity contribution in [2.75, 3.05) is 0 Å². The monoisotopic (exact) mass is 349 g/mol. The van der Waals surface area contributed by atoms with Gasteiger partial charge >= 0.3 is 41.7 Å². The maximum absolute atomic E-state index is 8.55. The van der Waals surface area contributed by atoms with Gasteiger partial charge in [0.25, 0.3) is 0 Å². The third-order valence-corrected chi connectivity index (χ3v) is 0.707. The minimum Gasteiger partial charge on any atom is -0.822 e. The SMILES string of the molecule is O=P([O-])([O-])[O-].[CH2-]CCC.[CH2-]CCC.[Ce+3]. The molecular weight excluding hydrogens is 331 g/mol. The van der Waals surface area contributed by atoms with Gasteiger partial charge in [-0.05, 0) is 0 Å². The van der Waals surface area contributed by atoms with Gasteiger partial charge in [-0.15, -0.1) is 0 Å². The van der Waals surface area contributed by atoms with Crippen LogP contribution in [0.4, 0.5) is 0 Å². The summed E-state index contributed by atoms with van der Waals surface area (Å²) in [6.45, 7) is 11.4. The van der Waals surface area contributed by atoms with E-state index in [4.69, 9.17) is 19.2 Å². The van der Waals surface area contributed by atoms with Gasteiger partial charge in [-0.25, -0.2) is 0 Å². The minimum atomic E-state index is -5.39. The molecule has 6 heteroatoms. The first-order chi connectivity index (χ1) is 5.83.